The average Bonchev–Trinajstić information content (AvgIpc) is 2.69. The van der Waals surface area contributed by atoms with Crippen LogP contribution in [0.15, 0.2) is 36.4 Å². The minimum atomic E-state index is -0.0725. The van der Waals surface area contributed by atoms with Crippen molar-refractivity contribution in [3.8, 4) is 5.75 Å². The minimum Gasteiger partial charge on any atom is -0.496 e. The van der Waals surface area contributed by atoms with E-state index < -0.39 is 0 Å². The number of carbonyl (C=O) groups is 2. The molecule has 0 bridgehead atoms. The maximum Gasteiger partial charge on any atom is 0.257 e. The molecule has 1 amide bonds. The van der Waals surface area contributed by atoms with E-state index in [9.17, 15) is 9.59 Å². The van der Waals surface area contributed by atoms with Crippen molar-refractivity contribution in [3.05, 3.63) is 56.1 Å². The average molecular weight is 499 g/mol. The zero-order valence-electron chi connectivity index (χ0n) is 15.2. The zero-order chi connectivity index (χ0) is 19.6. The molecule has 2 aromatic carbocycles. The van der Waals surface area contributed by atoms with Crippen LogP contribution < -0.4 is 9.64 Å². The molecule has 5 nitrogen and oxygen atoms in total. The number of methoxy groups -OCH3 is 1. The topological polar surface area (TPSA) is 49.9 Å². The van der Waals surface area contributed by atoms with Gasteiger partial charge in [-0.3, -0.25) is 9.59 Å². The predicted octanol–water partition coefficient (Wildman–Crippen LogP) is 4.12. The molecule has 1 saturated heterocycles. The van der Waals surface area contributed by atoms with Gasteiger partial charge in [0.05, 0.1) is 17.7 Å². The molecular weight excluding hydrogens is 479 g/mol. The molecule has 27 heavy (non-hydrogen) atoms. The number of piperazine rings is 1. The highest BCUT2D eigenvalue weighted by atomic mass is 127. The Morgan fingerprint density at radius 1 is 1.07 bits per heavy atom. The largest absolute Gasteiger partial charge is 0.496 e. The molecule has 0 spiro atoms. The first-order valence-corrected chi connectivity index (χ1v) is 10.0. The summed E-state index contributed by atoms with van der Waals surface area (Å²) in [5.41, 5.74) is 2.25. The van der Waals surface area contributed by atoms with Crippen LogP contribution in [-0.2, 0) is 0 Å². The fraction of sp³-hybridized carbons (Fsp3) is 0.300. The number of nitrogens with zero attached hydrogens (tertiary/aromatic N) is 2. The second-order valence-corrected chi connectivity index (χ2v) is 7.92. The molecule has 1 heterocycles. The van der Waals surface area contributed by atoms with Crippen LogP contribution >= 0.6 is 34.2 Å². The highest BCUT2D eigenvalue weighted by Gasteiger charge is 2.25. The van der Waals surface area contributed by atoms with Gasteiger partial charge >= 0.3 is 0 Å². The quantitative estimate of drug-likeness (QED) is 0.470. The SMILES string of the molecule is COc1cc(I)c(Cl)cc1C(=O)N1CCN(c2ccc(C(C)=O)cc2)CC1. The van der Waals surface area contributed by atoms with Crippen molar-refractivity contribution in [2.24, 2.45) is 0 Å². The lowest BCUT2D eigenvalue weighted by atomic mass is 10.1. The Labute approximate surface area is 177 Å². The summed E-state index contributed by atoms with van der Waals surface area (Å²) in [6.07, 6.45) is 0. The van der Waals surface area contributed by atoms with E-state index in [0.717, 1.165) is 22.3 Å². The van der Waals surface area contributed by atoms with Gasteiger partial charge in [-0.25, -0.2) is 0 Å². The van der Waals surface area contributed by atoms with Crippen molar-refractivity contribution < 1.29 is 14.3 Å². The lowest BCUT2D eigenvalue weighted by Crippen LogP contribution is -2.48. The van der Waals surface area contributed by atoms with E-state index >= 15 is 0 Å². The Hall–Kier alpha value is -1.80. The smallest absolute Gasteiger partial charge is 0.257 e. The fourth-order valence-corrected chi connectivity index (χ4v) is 3.71. The normalized spacial score (nSPS) is 14.2. The molecule has 0 N–H and O–H groups in total. The van der Waals surface area contributed by atoms with Gasteiger partial charge < -0.3 is 14.5 Å². The molecule has 0 saturated carbocycles. The number of anilines is 1. The van der Waals surface area contributed by atoms with Crippen LogP contribution in [0.25, 0.3) is 0 Å². The highest BCUT2D eigenvalue weighted by molar-refractivity contribution is 14.1. The van der Waals surface area contributed by atoms with Gasteiger partial charge in [0.1, 0.15) is 5.75 Å². The summed E-state index contributed by atoms with van der Waals surface area (Å²) in [7, 11) is 1.55. The molecule has 0 aromatic heterocycles. The fourth-order valence-electron chi connectivity index (χ4n) is 3.11. The molecule has 0 radical (unpaired) electrons. The molecule has 1 aliphatic heterocycles. The van der Waals surface area contributed by atoms with Crippen molar-refractivity contribution in [3.63, 3.8) is 0 Å². The lowest BCUT2D eigenvalue weighted by molar-refractivity contribution is 0.0743. The number of benzene rings is 2. The van der Waals surface area contributed by atoms with Crippen molar-refractivity contribution in [1.82, 2.24) is 4.90 Å². The van der Waals surface area contributed by atoms with E-state index in [2.05, 4.69) is 27.5 Å². The number of ketones is 1. The second-order valence-electron chi connectivity index (χ2n) is 6.35. The van der Waals surface area contributed by atoms with Crippen LogP contribution in [0.1, 0.15) is 27.6 Å². The van der Waals surface area contributed by atoms with Gasteiger partial charge in [0, 0.05) is 41.0 Å². The standard InChI is InChI=1S/C20H20ClIN2O3/c1-13(25)14-3-5-15(6-4-14)23-7-9-24(10-8-23)20(26)16-11-17(21)18(22)12-19(16)27-2/h3-6,11-12H,7-10H2,1-2H3. The van der Waals surface area contributed by atoms with Crippen LogP contribution in [0.2, 0.25) is 5.02 Å². The van der Waals surface area contributed by atoms with Crippen molar-refractivity contribution >= 4 is 51.6 Å². The maximum absolute atomic E-state index is 12.9. The third-order valence-corrected chi connectivity index (χ3v) is 6.20. The van der Waals surface area contributed by atoms with Gasteiger partial charge in [0.2, 0.25) is 0 Å². The molecule has 1 aliphatic rings. The third kappa shape index (κ3) is 4.38. The maximum atomic E-state index is 12.9. The number of ether oxygens (including phenoxy) is 1. The van der Waals surface area contributed by atoms with Crippen LogP contribution in [0, 0.1) is 3.57 Å². The van der Waals surface area contributed by atoms with Crippen molar-refractivity contribution in [2.45, 2.75) is 6.92 Å². The Kier molecular flexibility index (Phi) is 6.26. The molecule has 3 rings (SSSR count). The third-order valence-electron chi connectivity index (χ3n) is 4.68. The summed E-state index contributed by atoms with van der Waals surface area (Å²) >= 11 is 8.32. The summed E-state index contributed by atoms with van der Waals surface area (Å²) in [5.74, 6) is 0.523. The first-order chi connectivity index (χ1) is 12.9. The Balaban J connectivity index is 1.69. The predicted molar refractivity (Wildman–Crippen MR) is 115 cm³/mol. The summed E-state index contributed by atoms with van der Waals surface area (Å²) in [6, 6.07) is 11.0. The molecule has 1 fully saturated rings. The minimum absolute atomic E-state index is 0.0575. The Bertz CT molecular complexity index is 862. The first kappa shape index (κ1) is 19.9. The van der Waals surface area contributed by atoms with Crippen LogP contribution in [-0.4, -0.2) is 49.9 Å². The van der Waals surface area contributed by atoms with E-state index in [0.29, 0.717) is 35.0 Å². The van der Waals surface area contributed by atoms with Gasteiger partial charge in [0.15, 0.2) is 5.78 Å². The monoisotopic (exact) mass is 498 g/mol. The van der Waals surface area contributed by atoms with Crippen LogP contribution in [0.3, 0.4) is 0 Å². The molecule has 0 unspecified atom stereocenters. The molecule has 2 aromatic rings. The summed E-state index contributed by atoms with van der Waals surface area (Å²) < 4.78 is 6.21. The lowest BCUT2D eigenvalue weighted by Gasteiger charge is -2.36. The number of rotatable bonds is 4. The van der Waals surface area contributed by atoms with E-state index in [1.54, 1.807) is 26.2 Å². The molecular formula is C20H20ClIN2O3. The van der Waals surface area contributed by atoms with Crippen molar-refractivity contribution in [1.29, 1.82) is 0 Å². The van der Waals surface area contributed by atoms with E-state index in [-0.39, 0.29) is 11.7 Å². The molecule has 0 aliphatic carbocycles. The van der Waals surface area contributed by atoms with E-state index in [4.69, 9.17) is 16.3 Å². The molecule has 0 atom stereocenters. The number of hydrogen-bond acceptors (Lipinski definition) is 4. The Morgan fingerprint density at radius 3 is 2.26 bits per heavy atom. The Morgan fingerprint density at radius 2 is 1.70 bits per heavy atom. The molecule has 7 heteroatoms. The van der Waals surface area contributed by atoms with Gasteiger partial charge in [-0.2, -0.15) is 0 Å². The number of hydrogen-bond donors (Lipinski definition) is 0. The highest BCUT2D eigenvalue weighted by Crippen LogP contribution is 2.29. The summed E-state index contributed by atoms with van der Waals surface area (Å²) in [4.78, 5) is 28.4. The van der Waals surface area contributed by atoms with Gasteiger partial charge in [-0.15, -0.1) is 0 Å². The van der Waals surface area contributed by atoms with E-state index in [1.807, 2.05) is 29.2 Å². The second kappa shape index (κ2) is 8.48. The number of amides is 1. The summed E-state index contributed by atoms with van der Waals surface area (Å²) in [5, 5.41) is 0.545. The van der Waals surface area contributed by atoms with Gasteiger partial charge in [-0.1, -0.05) is 11.6 Å². The van der Waals surface area contributed by atoms with Crippen molar-refractivity contribution in [2.75, 3.05) is 38.2 Å². The van der Waals surface area contributed by atoms with E-state index in [1.165, 1.54) is 0 Å². The number of halogens is 2. The van der Waals surface area contributed by atoms with Crippen LogP contribution in [0.5, 0.6) is 5.75 Å². The molecule has 142 valence electrons. The number of Topliss-reactive ketones (excluding diaryl/α,β-unsaturated/α-hetero) is 1. The zero-order valence-corrected chi connectivity index (χ0v) is 18.1. The summed E-state index contributed by atoms with van der Waals surface area (Å²) in [6.45, 7) is 4.24. The number of carbonyl (C=O) groups excluding carboxylic acids is 2. The van der Waals surface area contributed by atoms with Gasteiger partial charge in [-0.05, 0) is 65.9 Å². The van der Waals surface area contributed by atoms with Gasteiger partial charge in [0.25, 0.3) is 5.91 Å². The van der Waals surface area contributed by atoms with Crippen LogP contribution in [0.4, 0.5) is 5.69 Å². The first-order valence-electron chi connectivity index (χ1n) is 8.59.